The largest absolute Gasteiger partial charge is 0.478 e. The number of methoxy groups -OCH3 is 1. The first kappa shape index (κ1) is 16.1. The lowest BCUT2D eigenvalue weighted by Crippen LogP contribution is -2.29. The molecule has 116 valence electrons. The molecule has 21 heavy (non-hydrogen) atoms. The zero-order valence-electron chi connectivity index (χ0n) is 11.4. The molecule has 0 saturated heterocycles. The highest BCUT2D eigenvalue weighted by atomic mass is 35.5. The molecule has 8 heteroatoms. The van der Waals surface area contributed by atoms with E-state index in [4.69, 9.17) is 21.4 Å². The molecule has 1 atom stereocenters. The highest BCUT2D eigenvalue weighted by Gasteiger charge is 2.34. The lowest BCUT2D eigenvalue weighted by Gasteiger charge is -2.16. The smallest absolute Gasteiger partial charge is 0.337 e. The van der Waals surface area contributed by atoms with Crippen LogP contribution in [0.5, 0.6) is 0 Å². The van der Waals surface area contributed by atoms with Crippen molar-refractivity contribution < 1.29 is 23.1 Å². The summed E-state index contributed by atoms with van der Waals surface area (Å²) in [4.78, 5) is 11.1. The van der Waals surface area contributed by atoms with Gasteiger partial charge in [0.1, 0.15) is 0 Å². The number of anilines is 1. The molecule has 1 aromatic rings. The average Bonchev–Trinajstić information content (AvgIpc) is 3.22. The van der Waals surface area contributed by atoms with E-state index in [2.05, 4.69) is 4.72 Å². The van der Waals surface area contributed by atoms with Crippen LogP contribution in [0.4, 0.5) is 5.69 Å². The molecule has 0 bridgehead atoms. The van der Waals surface area contributed by atoms with E-state index in [1.54, 1.807) is 0 Å². The van der Waals surface area contributed by atoms with Gasteiger partial charge in [0.2, 0.25) is 10.0 Å². The molecule has 0 aromatic heterocycles. The summed E-state index contributed by atoms with van der Waals surface area (Å²) < 4.78 is 31.8. The van der Waals surface area contributed by atoms with E-state index in [-0.39, 0.29) is 34.0 Å². The van der Waals surface area contributed by atoms with Crippen molar-refractivity contribution in [2.45, 2.75) is 18.9 Å². The Kier molecular flexibility index (Phi) is 4.75. The van der Waals surface area contributed by atoms with Crippen LogP contribution >= 0.6 is 11.6 Å². The number of hydrogen-bond donors (Lipinski definition) is 2. The molecule has 1 aliphatic carbocycles. The average molecular weight is 334 g/mol. The monoisotopic (exact) mass is 333 g/mol. The first-order chi connectivity index (χ1) is 9.82. The molecule has 1 aliphatic rings. The Balaban J connectivity index is 2.18. The van der Waals surface area contributed by atoms with Crippen LogP contribution in [0, 0.1) is 5.92 Å². The Hall–Kier alpha value is -1.31. The highest BCUT2D eigenvalue weighted by Crippen LogP contribution is 2.35. The quantitative estimate of drug-likeness (QED) is 0.798. The molecular formula is C13H16ClNO5S. The van der Waals surface area contributed by atoms with Crippen molar-refractivity contribution in [3.8, 4) is 0 Å². The van der Waals surface area contributed by atoms with E-state index in [0.717, 1.165) is 12.8 Å². The van der Waals surface area contributed by atoms with E-state index in [1.165, 1.54) is 25.3 Å². The van der Waals surface area contributed by atoms with Crippen LogP contribution in [0.2, 0.25) is 5.02 Å². The third-order valence-electron chi connectivity index (χ3n) is 3.31. The zero-order chi connectivity index (χ0) is 15.6. The first-order valence-electron chi connectivity index (χ1n) is 6.38. The summed E-state index contributed by atoms with van der Waals surface area (Å²) in [5, 5.41) is 9.32. The van der Waals surface area contributed by atoms with Crippen molar-refractivity contribution in [1.29, 1.82) is 0 Å². The molecule has 0 spiro atoms. The van der Waals surface area contributed by atoms with E-state index >= 15 is 0 Å². The molecule has 0 heterocycles. The minimum atomic E-state index is -3.70. The Labute approximate surface area is 128 Å². The van der Waals surface area contributed by atoms with Crippen LogP contribution < -0.4 is 4.72 Å². The van der Waals surface area contributed by atoms with E-state index in [0.29, 0.717) is 0 Å². The number of sulfonamides is 1. The Morgan fingerprint density at radius 2 is 2.19 bits per heavy atom. The summed E-state index contributed by atoms with van der Waals surface area (Å²) in [5.41, 5.74) is -0.191. The van der Waals surface area contributed by atoms with Gasteiger partial charge in [-0.1, -0.05) is 11.6 Å². The van der Waals surface area contributed by atoms with Crippen LogP contribution in [0.25, 0.3) is 0 Å². The fraction of sp³-hybridized carbons (Fsp3) is 0.462. The Morgan fingerprint density at radius 3 is 2.71 bits per heavy atom. The maximum Gasteiger partial charge on any atom is 0.337 e. The maximum atomic E-state index is 12.1. The number of carboxylic acids is 1. The number of aromatic carboxylic acids is 1. The minimum absolute atomic E-state index is 0.00227. The topological polar surface area (TPSA) is 92.7 Å². The lowest BCUT2D eigenvalue weighted by atomic mass is 10.2. The van der Waals surface area contributed by atoms with Gasteiger partial charge in [-0.2, -0.15) is 0 Å². The van der Waals surface area contributed by atoms with Gasteiger partial charge in [0.05, 0.1) is 23.1 Å². The summed E-state index contributed by atoms with van der Waals surface area (Å²) >= 11 is 5.73. The number of carboxylic acid groups (broad SMARTS) is 1. The predicted octanol–water partition coefficient (Wildman–Crippen LogP) is 2.20. The number of ether oxygens (including phenoxy) is 1. The van der Waals surface area contributed by atoms with Crippen LogP contribution in [-0.2, 0) is 14.8 Å². The van der Waals surface area contributed by atoms with Crippen LogP contribution in [-0.4, -0.2) is 38.5 Å². The van der Waals surface area contributed by atoms with Gasteiger partial charge >= 0.3 is 5.97 Å². The second-order valence-electron chi connectivity index (χ2n) is 4.99. The van der Waals surface area contributed by atoms with Gasteiger partial charge in [-0.25, -0.2) is 13.2 Å². The predicted molar refractivity (Wildman–Crippen MR) is 79.3 cm³/mol. The molecule has 1 fully saturated rings. The standard InChI is InChI=1S/C13H16ClNO5S/c1-20-12(8-2-3-8)7-21(18,19)15-11-5-4-9(14)6-10(11)13(16)17/h4-6,8,12,15H,2-3,7H2,1H3,(H,16,17). The van der Waals surface area contributed by atoms with Crippen molar-refractivity contribution in [3.05, 3.63) is 28.8 Å². The molecule has 1 aromatic carbocycles. The molecule has 0 radical (unpaired) electrons. The van der Waals surface area contributed by atoms with Gasteiger partial charge in [0, 0.05) is 12.1 Å². The third-order valence-corrected chi connectivity index (χ3v) is 4.85. The van der Waals surface area contributed by atoms with Gasteiger partial charge in [0.25, 0.3) is 0 Å². The Bertz CT molecular complexity index is 642. The number of benzene rings is 1. The number of halogens is 1. The minimum Gasteiger partial charge on any atom is -0.478 e. The molecule has 2 rings (SSSR count). The van der Waals surface area contributed by atoms with Crippen LogP contribution in [0.3, 0.4) is 0 Å². The van der Waals surface area contributed by atoms with Crippen molar-refractivity contribution >= 4 is 33.3 Å². The number of nitrogens with one attached hydrogen (secondary N) is 1. The molecule has 2 N–H and O–H groups in total. The maximum absolute atomic E-state index is 12.1. The van der Waals surface area contributed by atoms with E-state index in [9.17, 15) is 13.2 Å². The molecule has 6 nitrogen and oxygen atoms in total. The van der Waals surface area contributed by atoms with Gasteiger partial charge < -0.3 is 9.84 Å². The summed E-state index contributed by atoms with van der Waals surface area (Å²) in [6.07, 6.45) is 1.54. The molecular weight excluding hydrogens is 318 g/mol. The highest BCUT2D eigenvalue weighted by molar-refractivity contribution is 7.92. The second kappa shape index (κ2) is 6.21. The second-order valence-corrected chi connectivity index (χ2v) is 7.19. The Morgan fingerprint density at radius 1 is 1.52 bits per heavy atom. The normalized spacial score (nSPS) is 16.5. The van der Waals surface area contributed by atoms with Gasteiger partial charge in [0.15, 0.2) is 0 Å². The fourth-order valence-electron chi connectivity index (χ4n) is 2.07. The number of rotatable bonds is 7. The molecule has 1 unspecified atom stereocenters. The van der Waals surface area contributed by atoms with Crippen LogP contribution in [0.15, 0.2) is 18.2 Å². The first-order valence-corrected chi connectivity index (χ1v) is 8.41. The number of hydrogen-bond acceptors (Lipinski definition) is 4. The van der Waals surface area contributed by atoms with E-state index < -0.39 is 16.0 Å². The number of carbonyl (C=O) groups is 1. The summed E-state index contributed by atoms with van der Waals surface area (Å²) in [7, 11) is -2.23. The fourth-order valence-corrected chi connectivity index (χ4v) is 3.68. The summed E-state index contributed by atoms with van der Waals surface area (Å²) in [5.74, 6) is -1.19. The SMILES string of the molecule is COC(CS(=O)(=O)Nc1ccc(Cl)cc1C(=O)O)C1CC1. The molecule has 0 amide bonds. The van der Waals surface area contributed by atoms with Crippen molar-refractivity contribution in [3.63, 3.8) is 0 Å². The van der Waals surface area contributed by atoms with E-state index in [1.807, 2.05) is 0 Å². The van der Waals surface area contributed by atoms with Crippen LogP contribution in [0.1, 0.15) is 23.2 Å². The van der Waals surface area contributed by atoms with Gasteiger partial charge in [-0.15, -0.1) is 0 Å². The summed E-state index contributed by atoms with van der Waals surface area (Å²) in [6, 6.07) is 3.97. The zero-order valence-corrected chi connectivity index (χ0v) is 12.9. The molecule has 1 saturated carbocycles. The molecule has 0 aliphatic heterocycles. The lowest BCUT2D eigenvalue weighted by molar-refractivity contribution is 0.0698. The van der Waals surface area contributed by atoms with Gasteiger partial charge in [-0.05, 0) is 37.0 Å². The van der Waals surface area contributed by atoms with Crippen molar-refractivity contribution in [1.82, 2.24) is 0 Å². The summed E-state index contributed by atoms with van der Waals surface area (Å²) in [6.45, 7) is 0. The van der Waals surface area contributed by atoms with Crippen molar-refractivity contribution in [2.75, 3.05) is 17.6 Å². The third kappa shape index (κ3) is 4.33. The van der Waals surface area contributed by atoms with Crippen molar-refractivity contribution in [2.24, 2.45) is 5.92 Å². The van der Waals surface area contributed by atoms with Gasteiger partial charge in [-0.3, -0.25) is 4.72 Å².